The smallest absolute Gasteiger partial charge is 0.132 e. The van der Waals surface area contributed by atoms with Gasteiger partial charge in [0.2, 0.25) is 0 Å². The molecule has 5 nitrogen and oxygen atoms in total. The highest BCUT2D eigenvalue weighted by Crippen LogP contribution is 2.21. The van der Waals surface area contributed by atoms with Crippen molar-refractivity contribution in [2.75, 3.05) is 23.3 Å². The van der Waals surface area contributed by atoms with Crippen molar-refractivity contribution in [3.63, 3.8) is 0 Å². The molecule has 2 aromatic rings. The van der Waals surface area contributed by atoms with Gasteiger partial charge in [-0.1, -0.05) is 6.92 Å². The lowest BCUT2D eigenvalue weighted by Crippen LogP contribution is -2.42. The van der Waals surface area contributed by atoms with Crippen molar-refractivity contribution < 1.29 is 0 Å². The molecule has 0 amide bonds. The van der Waals surface area contributed by atoms with Gasteiger partial charge in [-0.25, -0.2) is 9.97 Å². The van der Waals surface area contributed by atoms with Crippen molar-refractivity contribution >= 4 is 11.5 Å². The second kappa shape index (κ2) is 6.73. The number of aryl methyl sites for hydroxylation is 2. The molecule has 3 heterocycles. The molecule has 0 bridgehead atoms. The van der Waals surface area contributed by atoms with Gasteiger partial charge in [0.05, 0.1) is 0 Å². The maximum absolute atomic E-state index is 4.44. The summed E-state index contributed by atoms with van der Waals surface area (Å²) < 4.78 is 0. The van der Waals surface area contributed by atoms with Crippen molar-refractivity contribution in [2.24, 2.45) is 0 Å². The first-order valence-corrected chi connectivity index (χ1v) is 7.99. The first-order chi connectivity index (χ1) is 10.7. The van der Waals surface area contributed by atoms with Gasteiger partial charge >= 0.3 is 0 Å². The van der Waals surface area contributed by atoms with Crippen LogP contribution in [0.3, 0.4) is 0 Å². The van der Waals surface area contributed by atoms with E-state index in [4.69, 9.17) is 0 Å². The molecule has 1 fully saturated rings. The van der Waals surface area contributed by atoms with Gasteiger partial charge in [0.1, 0.15) is 12.1 Å². The Morgan fingerprint density at radius 1 is 1.27 bits per heavy atom. The first-order valence-electron chi connectivity index (χ1n) is 7.99. The minimum atomic E-state index is 0.440. The highest BCUT2D eigenvalue weighted by atomic mass is 15.2. The van der Waals surface area contributed by atoms with E-state index in [2.05, 4.69) is 44.2 Å². The molecule has 0 aliphatic carbocycles. The second-order valence-electron chi connectivity index (χ2n) is 5.84. The minimum Gasteiger partial charge on any atom is -0.380 e. The van der Waals surface area contributed by atoms with Gasteiger partial charge in [0.25, 0.3) is 0 Å². The highest BCUT2D eigenvalue weighted by Gasteiger charge is 2.21. The van der Waals surface area contributed by atoms with Gasteiger partial charge in [0.15, 0.2) is 0 Å². The van der Waals surface area contributed by atoms with Crippen LogP contribution in [0.4, 0.5) is 11.5 Å². The molecule has 2 aromatic heterocycles. The predicted octanol–water partition coefficient (Wildman–Crippen LogP) is 2.82. The predicted molar refractivity (Wildman–Crippen MR) is 89.2 cm³/mol. The van der Waals surface area contributed by atoms with Gasteiger partial charge in [-0.05, 0) is 38.3 Å². The Bertz CT molecular complexity index is 628. The molecule has 22 heavy (non-hydrogen) atoms. The van der Waals surface area contributed by atoms with Crippen molar-refractivity contribution in [2.45, 2.75) is 39.2 Å². The van der Waals surface area contributed by atoms with Crippen LogP contribution in [0.15, 0.2) is 30.7 Å². The first kappa shape index (κ1) is 14.8. The molecule has 1 unspecified atom stereocenters. The summed E-state index contributed by atoms with van der Waals surface area (Å²) in [6.45, 7) is 6.18. The summed E-state index contributed by atoms with van der Waals surface area (Å²) in [5.74, 6) is 1.05. The molecule has 0 spiro atoms. The van der Waals surface area contributed by atoms with Gasteiger partial charge in [-0.2, -0.15) is 0 Å². The summed E-state index contributed by atoms with van der Waals surface area (Å²) in [5, 5.41) is 3.62. The number of piperidine rings is 1. The maximum Gasteiger partial charge on any atom is 0.132 e. The van der Waals surface area contributed by atoms with Crippen LogP contribution in [0.2, 0.25) is 0 Å². The number of rotatable bonds is 4. The third kappa shape index (κ3) is 3.53. The topological polar surface area (TPSA) is 53.9 Å². The van der Waals surface area contributed by atoms with E-state index in [9.17, 15) is 0 Å². The number of anilines is 2. The molecule has 1 aliphatic heterocycles. The summed E-state index contributed by atoms with van der Waals surface area (Å²) >= 11 is 0. The number of aromatic nitrogens is 3. The lowest BCUT2D eigenvalue weighted by molar-refractivity contribution is 0.526. The molecule has 5 heteroatoms. The largest absolute Gasteiger partial charge is 0.380 e. The molecular weight excluding hydrogens is 274 g/mol. The molecule has 1 atom stereocenters. The lowest BCUT2D eigenvalue weighted by Gasteiger charge is -2.34. The molecule has 0 radical (unpaired) electrons. The molecule has 0 saturated carbocycles. The van der Waals surface area contributed by atoms with Crippen LogP contribution in [-0.2, 0) is 6.42 Å². The Kier molecular flexibility index (Phi) is 4.51. The molecule has 1 N–H and O–H groups in total. The standard InChI is InChI=1S/C17H23N5/c1-3-14-10-17(20-12-19-14)22-8-4-5-16(11-22)21-15-6-7-18-13(2)9-15/h6-7,9-10,12,16H,3-5,8,11H2,1-2H3,(H,18,21). The number of nitrogens with one attached hydrogen (secondary N) is 1. The van der Waals surface area contributed by atoms with Crippen molar-refractivity contribution in [1.29, 1.82) is 0 Å². The Morgan fingerprint density at radius 3 is 3.00 bits per heavy atom. The highest BCUT2D eigenvalue weighted by molar-refractivity contribution is 5.46. The van der Waals surface area contributed by atoms with E-state index in [-0.39, 0.29) is 0 Å². The Labute approximate surface area is 131 Å². The van der Waals surface area contributed by atoms with E-state index in [1.807, 2.05) is 19.2 Å². The van der Waals surface area contributed by atoms with Crippen molar-refractivity contribution in [1.82, 2.24) is 15.0 Å². The van der Waals surface area contributed by atoms with Crippen molar-refractivity contribution in [3.05, 3.63) is 42.1 Å². The van der Waals surface area contributed by atoms with Crippen LogP contribution in [0.25, 0.3) is 0 Å². The monoisotopic (exact) mass is 297 g/mol. The SMILES string of the molecule is CCc1cc(N2CCCC(Nc3ccnc(C)c3)C2)ncn1. The van der Waals surface area contributed by atoms with Gasteiger partial charge in [0, 0.05) is 48.5 Å². The average Bonchev–Trinajstić information content (AvgIpc) is 2.55. The van der Waals surface area contributed by atoms with Gasteiger partial charge < -0.3 is 10.2 Å². The Morgan fingerprint density at radius 2 is 2.18 bits per heavy atom. The van der Waals surface area contributed by atoms with Crippen molar-refractivity contribution in [3.8, 4) is 0 Å². The number of nitrogens with zero attached hydrogens (tertiary/aromatic N) is 4. The molecule has 3 rings (SSSR count). The van der Waals surface area contributed by atoms with Gasteiger partial charge in [-0.3, -0.25) is 4.98 Å². The Balaban J connectivity index is 1.68. The molecule has 0 aromatic carbocycles. The summed E-state index contributed by atoms with van der Waals surface area (Å²) in [7, 11) is 0. The zero-order valence-corrected chi connectivity index (χ0v) is 13.3. The molecule has 1 saturated heterocycles. The zero-order valence-electron chi connectivity index (χ0n) is 13.3. The van der Waals surface area contributed by atoms with Crippen LogP contribution in [0, 0.1) is 6.92 Å². The lowest BCUT2D eigenvalue weighted by atomic mass is 10.1. The van der Waals surface area contributed by atoms with E-state index in [1.54, 1.807) is 6.33 Å². The Hall–Kier alpha value is -2.17. The number of hydrogen-bond donors (Lipinski definition) is 1. The second-order valence-corrected chi connectivity index (χ2v) is 5.84. The molecule has 1 aliphatic rings. The fourth-order valence-electron chi connectivity index (χ4n) is 2.93. The minimum absolute atomic E-state index is 0.440. The number of pyridine rings is 1. The third-order valence-electron chi connectivity index (χ3n) is 4.08. The quantitative estimate of drug-likeness (QED) is 0.940. The average molecular weight is 297 g/mol. The fourth-order valence-corrected chi connectivity index (χ4v) is 2.93. The summed E-state index contributed by atoms with van der Waals surface area (Å²) in [6, 6.07) is 6.68. The van der Waals surface area contributed by atoms with Crippen LogP contribution < -0.4 is 10.2 Å². The van der Waals surface area contributed by atoms with Crippen LogP contribution in [0.1, 0.15) is 31.2 Å². The van der Waals surface area contributed by atoms with E-state index in [0.29, 0.717) is 6.04 Å². The maximum atomic E-state index is 4.44. The van der Waals surface area contributed by atoms with Crippen LogP contribution >= 0.6 is 0 Å². The normalized spacial score (nSPS) is 18.3. The summed E-state index contributed by atoms with van der Waals surface area (Å²) in [6.07, 6.45) is 6.84. The van der Waals surface area contributed by atoms with E-state index in [1.165, 1.54) is 12.8 Å². The molecular formula is C17H23N5. The summed E-state index contributed by atoms with van der Waals surface area (Å²) in [5.41, 5.74) is 3.29. The van der Waals surface area contributed by atoms with E-state index < -0.39 is 0 Å². The number of hydrogen-bond acceptors (Lipinski definition) is 5. The molecule has 116 valence electrons. The van der Waals surface area contributed by atoms with E-state index in [0.717, 1.165) is 42.4 Å². The zero-order chi connectivity index (χ0) is 15.4. The third-order valence-corrected chi connectivity index (χ3v) is 4.08. The van der Waals surface area contributed by atoms with E-state index >= 15 is 0 Å². The fraction of sp³-hybridized carbons (Fsp3) is 0.471. The van der Waals surface area contributed by atoms with Gasteiger partial charge in [-0.15, -0.1) is 0 Å². The summed E-state index contributed by atoms with van der Waals surface area (Å²) in [4.78, 5) is 15.3. The van der Waals surface area contributed by atoms with Crippen LogP contribution in [0.5, 0.6) is 0 Å². The van der Waals surface area contributed by atoms with Crippen LogP contribution in [-0.4, -0.2) is 34.1 Å².